The van der Waals surface area contributed by atoms with Gasteiger partial charge in [-0.1, -0.05) is 46.3 Å². The summed E-state index contributed by atoms with van der Waals surface area (Å²) >= 11 is 6.72. The lowest BCUT2D eigenvalue weighted by Gasteiger charge is -2.28. The summed E-state index contributed by atoms with van der Waals surface area (Å²) < 4.78 is 6.01. The summed E-state index contributed by atoms with van der Waals surface area (Å²) in [7, 11) is 0. The third kappa shape index (κ3) is 2.78. The maximum atomic E-state index is 11.2. The van der Waals surface area contributed by atoms with Crippen LogP contribution in [0.15, 0.2) is 40.9 Å². The molecule has 3 nitrogen and oxygen atoms in total. The molecule has 1 N–H and O–H groups in total. The van der Waals surface area contributed by atoms with Crippen molar-refractivity contribution in [3.8, 4) is 0 Å². The van der Waals surface area contributed by atoms with E-state index in [4.69, 9.17) is 4.74 Å². The number of esters is 1. The van der Waals surface area contributed by atoms with Gasteiger partial charge in [0.2, 0.25) is 5.72 Å². The largest absolute Gasteiger partial charge is 0.435 e. The van der Waals surface area contributed by atoms with Crippen LogP contribution in [-0.2, 0) is 16.1 Å². The fourth-order valence-electron chi connectivity index (χ4n) is 1.57. The van der Waals surface area contributed by atoms with Crippen molar-refractivity contribution in [2.24, 2.45) is 0 Å². The van der Waals surface area contributed by atoms with Gasteiger partial charge in [-0.15, -0.1) is 0 Å². The predicted octanol–water partition coefficient (Wildman–Crippen LogP) is 2.70. The first-order valence-corrected chi connectivity index (χ1v) is 7.03. The van der Waals surface area contributed by atoms with Crippen LogP contribution in [0.2, 0.25) is 0 Å². The number of hydrogen-bond donors (Lipinski definition) is 1. The molecule has 5 heteroatoms. The summed E-state index contributed by atoms with van der Waals surface area (Å²) in [6, 6.07) is 9.95. The number of cyclic esters (lactones) is 1. The van der Waals surface area contributed by atoms with Crippen molar-refractivity contribution in [2.75, 3.05) is 5.33 Å². The molecule has 1 aromatic carbocycles. The molecule has 0 radical (unpaired) electrons. The first kappa shape index (κ1) is 12.8. The Hall–Kier alpha value is -0.650. The van der Waals surface area contributed by atoms with E-state index in [1.54, 1.807) is 0 Å². The third-order valence-corrected chi connectivity index (χ3v) is 4.17. The van der Waals surface area contributed by atoms with E-state index in [1.807, 2.05) is 30.3 Å². The molecule has 0 fully saturated rings. The standard InChI is InChI=1S/C12H11Br2NO2/c13-8-12(10(14)6-11(16)17-12)15-7-9-4-2-1-3-5-9/h1-6,15H,7-8H2. The fraction of sp³-hybridized carbons (Fsp3) is 0.250. The highest BCUT2D eigenvalue weighted by molar-refractivity contribution is 9.12. The summed E-state index contributed by atoms with van der Waals surface area (Å²) in [4.78, 5) is 11.2. The summed E-state index contributed by atoms with van der Waals surface area (Å²) in [5.74, 6) is -0.336. The Bertz CT molecular complexity index is 447. The number of hydrogen-bond acceptors (Lipinski definition) is 3. The second-order valence-corrected chi connectivity index (χ2v) is 5.13. The highest BCUT2D eigenvalue weighted by Crippen LogP contribution is 2.32. The van der Waals surface area contributed by atoms with Gasteiger partial charge >= 0.3 is 5.97 Å². The van der Waals surface area contributed by atoms with Crippen LogP contribution in [0.3, 0.4) is 0 Å². The second-order valence-electron chi connectivity index (χ2n) is 3.71. The van der Waals surface area contributed by atoms with E-state index in [0.717, 1.165) is 5.56 Å². The molecule has 90 valence electrons. The maximum absolute atomic E-state index is 11.2. The molecule has 0 aromatic heterocycles. The summed E-state index contributed by atoms with van der Waals surface area (Å²) in [6.45, 7) is 0.628. The van der Waals surface area contributed by atoms with Crippen molar-refractivity contribution >= 4 is 37.8 Å². The Kier molecular flexibility index (Phi) is 4.01. The van der Waals surface area contributed by atoms with Gasteiger partial charge in [0, 0.05) is 12.6 Å². The molecular weight excluding hydrogens is 350 g/mol. The van der Waals surface area contributed by atoms with Crippen LogP contribution in [0.5, 0.6) is 0 Å². The van der Waals surface area contributed by atoms with Gasteiger partial charge in [-0.05, 0) is 21.5 Å². The van der Waals surface area contributed by atoms with Crippen LogP contribution < -0.4 is 5.32 Å². The highest BCUT2D eigenvalue weighted by Gasteiger charge is 2.40. The van der Waals surface area contributed by atoms with Gasteiger partial charge in [0.05, 0.1) is 9.81 Å². The Balaban J connectivity index is 2.07. The molecule has 1 heterocycles. The fourth-order valence-corrected chi connectivity index (χ4v) is 3.11. The third-order valence-electron chi connectivity index (χ3n) is 2.51. The maximum Gasteiger partial charge on any atom is 0.333 e. The first-order valence-electron chi connectivity index (χ1n) is 5.12. The second kappa shape index (κ2) is 5.33. The van der Waals surface area contributed by atoms with Crippen LogP contribution in [0.4, 0.5) is 0 Å². The quantitative estimate of drug-likeness (QED) is 0.662. The average Bonchev–Trinajstić information content (AvgIpc) is 2.63. The topological polar surface area (TPSA) is 38.3 Å². The molecule has 1 aromatic rings. The van der Waals surface area contributed by atoms with Gasteiger partial charge in [0.1, 0.15) is 0 Å². The Labute approximate surface area is 116 Å². The lowest BCUT2D eigenvalue weighted by Crippen LogP contribution is -2.47. The molecule has 2 rings (SSSR count). The summed E-state index contributed by atoms with van der Waals surface area (Å²) in [6.07, 6.45) is 1.44. The minimum absolute atomic E-state index is 0.336. The Morgan fingerprint density at radius 3 is 2.53 bits per heavy atom. The molecule has 1 unspecified atom stereocenters. The normalized spacial score (nSPS) is 23.4. The SMILES string of the molecule is O=C1C=C(Br)C(CBr)(NCc2ccccc2)O1. The monoisotopic (exact) mass is 359 g/mol. The van der Waals surface area contributed by atoms with Crippen molar-refractivity contribution in [2.45, 2.75) is 12.3 Å². The van der Waals surface area contributed by atoms with Gasteiger partial charge < -0.3 is 4.74 Å². The molecule has 0 saturated carbocycles. The molecule has 0 spiro atoms. The van der Waals surface area contributed by atoms with Crippen LogP contribution in [0, 0.1) is 0 Å². The minimum atomic E-state index is -0.785. The van der Waals surface area contributed by atoms with Crippen LogP contribution in [0.25, 0.3) is 0 Å². The zero-order valence-electron chi connectivity index (χ0n) is 8.95. The number of halogens is 2. The zero-order valence-corrected chi connectivity index (χ0v) is 12.1. The number of rotatable bonds is 4. The lowest BCUT2D eigenvalue weighted by atomic mass is 10.2. The van der Waals surface area contributed by atoms with Crippen LogP contribution in [-0.4, -0.2) is 17.0 Å². The average molecular weight is 361 g/mol. The number of carbonyl (C=O) groups is 1. The first-order chi connectivity index (χ1) is 8.16. The molecule has 1 atom stereocenters. The molecule has 0 saturated heterocycles. The molecule has 17 heavy (non-hydrogen) atoms. The van der Waals surface area contributed by atoms with Crippen molar-refractivity contribution < 1.29 is 9.53 Å². The number of alkyl halides is 1. The molecule has 0 amide bonds. The molecule has 0 aliphatic carbocycles. The van der Waals surface area contributed by atoms with Crippen molar-refractivity contribution in [3.63, 3.8) is 0 Å². The van der Waals surface area contributed by atoms with Gasteiger partial charge in [-0.3, -0.25) is 5.32 Å². The molecule has 1 aliphatic heterocycles. The van der Waals surface area contributed by atoms with Crippen molar-refractivity contribution in [1.82, 2.24) is 5.32 Å². The summed E-state index contributed by atoms with van der Waals surface area (Å²) in [5.41, 5.74) is 0.350. The molecule has 1 aliphatic rings. The Morgan fingerprint density at radius 2 is 2.00 bits per heavy atom. The predicted molar refractivity (Wildman–Crippen MR) is 72.9 cm³/mol. The minimum Gasteiger partial charge on any atom is -0.435 e. The van der Waals surface area contributed by atoms with E-state index in [1.165, 1.54) is 6.08 Å². The highest BCUT2D eigenvalue weighted by atomic mass is 79.9. The number of ether oxygens (including phenoxy) is 1. The Morgan fingerprint density at radius 1 is 1.29 bits per heavy atom. The van der Waals surface area contributed by atoms with E-state index in [0.29, 0.717) is 16.4 Å². The smallest absolute Gasteiger partial charge is 0.333 e. The molecule has 0 bridgehead atoms. The van der Waals surface area contributed by atoms with E-state index in [-0.39, 0.29) is 5.97 Å². The molecular formula is C12H11Br2NO2. The van der Waals surface area contributed by atoms with E-state index in [2.05, 4.69) is 37.2 Å². The van der Waals surface area contributed by atoms with Gasteiger partial charge in [0.25, 0.3) is 0 Å². The van der Waals surface area contributed by atoms with Gasteiger partial charge in [0.15, 0.2) is 0 Å². The summed E-state index contributed by atoms with van der Waals surface area (Å²) in [5, 5.41) is 3.73. The van der Waals surface area contributed by atoms with Crippen LogP contribution >= 0.6 is 31.9 Å². The van der Waals surface area contributed by atoms with E-state index >= 15 is 0 Å². The van der Waals surface area contributed by atoms with Crippen LogP contribution in [0.1, 0.15) is 5.56 Å². The zero-order chi connectivity index (χ0) is 12.3. The number of benzene rings is 1. The number of nitrogens with one attached hydrogen (secondary N) is 1. The van der Waals surface area contributed by atoms with Crippen molar-refractivity contribution in [1.29, 1.82) is 0 Å². The van der Waals surface area contributed by atoms with Gasteiger partial charge in [-0.2, -0.15) is 0 Å². The van der Waals surface area contributed by atoms with Crippen molar-refractivity contribution in [3.05, 3.63) is 46.5 Å². The number of carbonyl (C=O) groups excluding carboxylic acids is 1. The lowest BCUT2D eigenvalue weighted by molar-refractivity contribution is -0.146. The van der Waals surface area contributed by atoms with Gasteiger partial charge in [-0.25, -0.2) is 4.79 Å². The van der Waals surface area contributed by atoms with E-state index in [9.17, 15) is 4.79 Å². The van der Waals surface area contributed by atoms with E-state index < -0.39 is 5.72 Å².